The number of fused-ring (bicyclic) bond motifs is 3. The van der Waals surface area contributed by atoms with Gasteiger partial charge in [0.05, 0.1) is 46.4 Å². The van der Waals surface area contributed by atoms with Gasteiger partial charge in [-0.1, -0.05) is 12.1 Å². The third kappa shape index (κ3) is 3.43. The predicted octanol–water partition coefficient (Wildman–Crippen LogP) is 4.17. The van der Waals surface area contributed by atoms with E-state index in [9.17, 15) is 4.79 Å². The Bertz CT molecular complexity index is 1540. The van der Waals surface area contributed by atoms with E-state index in [0.29, 0.717) is 6.61 Å². The molecule has 0 saturated heterocycles. The van der Waals surface area contributed by atoms with Crippen LogP contribution in [-0.2, 0) is 18.4 Å². The number of imidazole rings is 1. The van der Waals surface area contributed by atoms with Crippen LogP contribution in [0.2, 0.25) is 0 Å². The number of ether oxygens (including phenoxy) is 1. The lowest BCUT2D eigenvalue weighted by atomic mass is 10.0. The van der Waals surface area contributed by atoms with Crippen molar-refractivity contribution in [1.82, 2.24) is 28.9 Å². The number of aromatic nitrogens is 6. The van der Waals surface area contributed by atoms with Crippen LogP contribution in [0.25, 0.3) is 38.8 Å². The van der Waals surface area contributed by atoms with Gasteiger partial charge in [-0.2, -0.15) is 5.10 Å². The molecule has 0 N–H and O–H groups in total. The van der Waals surface area contributed by atoms with E-state index in [4.69, 9.17) is 4.74 Å². The van der Waals surface area contributed by atoms with Crippen molar-refractivity contribution < 1.29 is 4.74 Å². The van der Waals surface area contributed by atoms with Gasteiger partial charge in [0, 0.05) is 43.5 Å². The van der Waals surface area contributed by atoms with E-state index in [0.717, 1.165) is 50.1 Å². The van der Waals surface area contributed by atoms with Crippen molar-refractivity contribution in [3.8, 4) is 16.8 Å². The minimum Gasteiger partial charge on any atom is -0.378 e. The number of pyridine rings is 2. The van der Waals surface area contributed by atoms with Gasteiger partial charge in [-0.05, 0) is 44.5 Å². The minimum absolute atomic E-state index is 0.123. The maximum atomic E-state index is 13.4. The lowest BCUT2D eigenvalue weighted by molar-refractivity contribution is 0.181. The van der Waals surface area contributed by atoms with E-state index in [-0.39, 0.29) is 11.7 Å². The van der Waals surface area contributed by atoms with E-state index in [1.807, 2.05) is 48.3 Å². The van der Waals surface area contributed by atoms with Crippen molar-refractivity contribution in [2.24, 2.45) is 7.05 Å². The first-order valence-corrected chi connectivity index (χ1v) is 10.9. The fraction of sp³-hybridized carbons (Fsp3) is 0.280. The second-order valence-electron chi connectivity index (χ2n) is 8.55. The molecule has 8 nitrogen and oxygen atoms in total. The van der Waals surface area contributed by atoms with Gasteiger partial charge in [-0.15, -0.1) is 0 Å². The molecule has 0 unspecified atom stereocenters. The third-order valence-electron chi connectivity index (χ3n) is 5.99. The lowest BCUT2D eigenvalue weighted by Gasteiger charge is -2.08. The summed E-state index contributed by atoms with van der Waals surface area (Å²) in [6.45, 7) is 6.54. The molecule has 4 aromatic heterocycles. The fourth-order valence-corrected chi connectivity index (χ4v) is 4.18. The molecule has 0 amide bonds. The molecule has 4 heterocycles. The highest BCUT2D eigenvalue weighted by atomic mass is 16.5. The Morgan fingerprint density at radius 2 is 1.85 bits per heavy atom. The summed E-state index contributed by atoms with van der Waals surface area (Å²) in [5.41, 5.74) is 6.75. The van der Waals surface area contributed by atoms with Crippen molar-refractivity contribution >= 4 is 21.9 Å². The summed E-state index contributed by atoms with van der Waals surface area (Å²) < 4.78 is 10.4. The van der Waals surface area contributed by atoms with Crippen LogP contribution in [0.1, 0.15) is 31.3 Å². The molecule has 8 heteroatoms. The largest absolute Gasteiger partial charge is 0.378 e. The summed E-state index contributed by atoms with van der Waals surface area (Å²) in [5, 5.41) is 5.53. The molecule has 168 valence electrons. The smallest absolute Gasteiger partial charge is 0.333 e. The highest BCUT2D eigenvalue weighted by Gasteiger charge is 2.20. The monoisotopic (exact) mass is 442 g/mol. The van der Waals surface area contributed by atoms with Gasteiger partial charge in [-0.25, -0.2) is 4.79 Å². The summed E-state index contributed by atoms with van der Waals surface area (Å²) >= 11 is 0. The first-order valence-electron chi connectivity index (χ1n) is 10.9. The topological polar surface area (TPSA) is 79.8 Å². The Balaban J connectivity index is 1.77. The summed E-state index contributed by atoms with van der Waals surface area (Å²) in [6.07, 6.45) is 5.55. The van der Waals surface area contributed by atoms with Crippen molar-refractivity contribution in [3.05, 3.63) is 70.8 Å². The van der Waals surface area contributed by atoms with E-state index in [1.54, 1.807) is 29.5 Å². The Kier molecular flexibility index (Phi) is 5.09. The molecule has 0 bridgehead atoms. The number of nitrogens with zero attached hydrogens (tertiary/aromatic N) is 6. The quantitative estimate of drug-likeness (QED) is 0.408. The summed E-state index contributed by atoms with van der Waals surface area (Å²) in [4.78, 5) is 22.5. The second kappa shape index (κ2) is 7.97. The molecule has 0 aliphatic rings. The Labute approximate surface area is 191 Å². The standard InChI is InChI=1S/C25H26N6O2/c1-15(2)30-13-23(16(3)28-30)31-24-20-10-17(18-6-8-19(14-33-5)26-11-18)7-9-21(20)27-12-22(24)29(4)25(31)32/h6-13,15H,14H2,1-5H3. The van der Waals surface area contributed by atoms with Crippen molar-refractivity contribution in [3.63, 3.8) is 0 Å². The zero-order valence-corrected chi connectivity index (χ0v) is 19.4. The molecular weight excluding hydrogens is 416 g/mol. The maximum Gasteiger partial charge on any atom is 0.333 e. The van der Waals surface area contributed by atoms with E-state index in [2.05, 4.69) is 35.0 Å². The van der Waals surface area contributed by atoms with Crippen LogP contribution < -0.4 is 5.69 Å². The molecule has 33 heavy (non-hydrogen) atoms. The Morgan fingerprint density at radius 1 is 1.06 bits per heavy atom. The molecule has 5 aromatic rings. The number of hydrogen-bond donors (Lipinski definition) is 0. The van der Waals surface area contributed by atoms with E-state index >= 15 is 0 Å². The van der Waals surface area contributed by atoms with Gasteiger partial charge in [0.25, 0.3) is 0 Å². The van der Waals surface area contributed by atoms with E-state index in [1.165, 1.54) is 0 Å². The SMILES string of the molecule is COCc1ccc(-c2ccc3ncc4c(c3c2)n(-c2cn(C(C)C)nc2C)c(=O)n4C)cn1. The maximum absolute atomic E-state index is 13.4. The highest BCUT2D eigenvalue weighted by Crippen LogP contribution is 2.30. The molecule has 0 aliphatic heterocycles. The minimum atomic E-state index is -0.123. The normalized spacial score (nSPS) is 11.8. The second-order valence-corrected chi connectivity index (χ2v) is 8.55. The molecular formula is C25H26N6O2. The van der Waals surface area contributed by atoms with Crippen LogP contribution in [0, 0.1) is 6.92 Å². The number of benzene rings is 1. The van der Waals surface area contributed by atoms with Crippen molar-refractivity contribution in [2.45, 2.75) is 33.4 Å². The summed E-state index contributed by atoms with van der Waals surface area (Å²) in [7, 11) is 3.43. The van der Waals surface area contributed by atoms with Crippen molar-refractivity contribution in [1.29, 1.82) is 0 Å². The van der Waals surface area contributed by atoms with Crippen LogP contribution in [0.4, 0.5) is 0 Å². The van der Waals surface area contributed by atoms with Gasteiger partial charge in [0.2, 0.25) is 0 Å². The zero-order chi connectivity index (χ0) is 23.3. The van der Waals surface area contributed by atoms with Gasteiger partial charge in [0.15, 0.2) is 0 Å². The summed E-state index contributed by atoms with van der Waals surface area (Å²) in [5.74, 6) is 0. The van der Waals surface area contributed by atoms with Gasteiger partial charge in [-0.3, -0.25) is 23.8 Å². The van der Waals surface area contributed by atoms with Gasteiger partial charge < -0.3 is 4.74 Å². The number of aryl methyl sites for hydroxylation is 2. The first kappa shape index (κ1) is 21.1. The fourth-order valence-electron chi connectivity index (χ4n) is 4.18. The van der Waals surface area contributed by atoms with Gasteiger partial charge >= 0.3 is 5.69 Å². The average molecular weight is 443 g/mol. The van der Waals surface area contributed by atoms with Crippen molar-refractivity contribution in [2.75, 3.05) is 7.11 Å². The van der Waals surface area contributed by atoms with Crippen LogP contribution in [0.5, 0.6) is 0 Å². The molecule has 0 atom stereocenters. The number of rotatable bonds is 5. The van der Waals surface area contributed by atoms with Crippen LogP contribution >= 0.6 is 0 Å². The summed E-state index contributed by atoms with van der Waals surface area (Å²) in [6, 6.07) is 10.3. The lowest BCUT2D eigenvalue weighted by Crippen LogP contribution is -2.21. The molecule has 0 radical (unpaired) electrons. The van der Waals surface area contributed by atoms with E-state index < -0.39 is 0 Å². The molecule has 0 spiro atoms. The third-order valence-corrected chi connectivity index (χ3v) is 5.99. The Morgan fingerprint density at radius 3 is 2.52 bits per heavy atom. The predicted molar refractivity (Wildman–Crippen MR) is 129 cm³/mol. The van der Waals surface area contributed by atoms with Crippen LogP contribution in [0.3, 0.4) is 0 Å². The zero-order valence-electron chi connectivity index (χ0n) is 19.4. The van der Waals surface area contributed by atoms with Crippen LogP contribution in [0.15, 0.2) is 53.7 Å². The first-order chi connectivity index (χ1) is 15.9. The number of methoxy groups -OCH3 is 1. The number of hydrogen-bond acceptors (Lipinski definition) is 5. The molecule has 0 saturated carbocycles. The molecule has 1 aromatic carbocycles. The molecule has 5 rings (SSSR count). The van der Waals surface area contributed by atoms with Gasteiger partial charge in [0.1, 0.15) is 0 Å². The molecule has 0 fully saturated rings. The van der Waals surface area contributed by atoms with Crippen LogP contribution in [-0.4, -0.2) is 36.0 Å². The highest BCUT2D eigenvalue weighted by molar-refractivity contribution is 6.04. The molecule has 0 aliphatic carbocycles. The average Bonchev–Trinajstić information content (AvgIpc) is 3.31. The Hall–Kier alpha value is -3.78.